The summed E-state index contributed by atoms with van der Waals surface area (Å²) in [7, 11) is 0. The number of rotatable bonds is 3. The van der Waals surface area contributed by atoms with E-state index in [0.29, 0.717) is 6.04 Å². The van der Waals surface area contributed by atoms with Crippen molar-refractivity contribution in [3.05, 3.63) is 22.9 Å². The topological polar surface area (TPSA) is 41.0 Å². The van der Waals surface area contributed by atoms with Gasteiger partial charge in [-0.15, -0.1) is 0 Å². The van der Waals surface area contributed by atoms with Crippen LogP contribution in [-0.4, -0.2) is 34.1 Å². The van der Waals surface area contributed by atoms with Crippen LogP contribution in [0.1, 0.15) is 25.8 Å². The number of nitrogens with one attached hydrogen (secondary N) is 1. The van der Waals surface area contributed by atoms with Gasteiger partial charge in [-0.2, -0.15) is 0 Å². The first-order valence-electron chi connectivity index (χ1n) is 5.29. The highest BCUT2D eigenvalue weighted by molar-refractivity contribution is 4.87. The van der Waals surface area contributed by atoms with Crippen molar-refractivity contribution in [3.8, 4) is 0 Å². The first-order valence-corrected chi connectivity index (χ1v) is 5.29. The van der Waals surface area contributed by atoms with Crippen LogP contribution in [-0.2, 0) is 0 Å². The summed E-state index contributed by atoms with van der Waals surface area (Å²) < 4.78 is 1.82. The Hall–Kier alpha value is -1.03. The molecule has 1 saturated heterocycles. The van der Waals surface area contributed by atoms with Gasteiger partial charge in [-0.05, 0) is 19.4 Å². The minimum absolute atomic E-state index is 0.0216. The van der Waals surface area contributed by atoms with Crippen molar-refractivity contribution in [2.75, 3.05) is 19.6 Å². The fourth-order valence-corrected chi connectivity index (χ4v) is 2.18. The van der Waals surface area contributed by atoms with Crippen molar-refractivity contribution in [2.24, 2.45) is 0 Å². The van der Waals surface area contributed by atoms with E-state index in [9.17, 15) is 4.79 Å². The van der Waals surface area contributed by atoms with Crippen molar-refractivity contribution in [2.45, 2.75) is 25.8 Å². The van der Waals surface area contributed by atoms with Gasteiger partial charge in [0, 0.05) is 25.5 Å². The van der Waals surface area contributed by atoms with E-state index in [1.807, 2.05) is 10.8 Å². The maximum atomic E-state index is 11.4. The summed E-state index contributed by atoms with van der Waals surface area (Å²) in [6.45, 7) is 5.48. The third-order valence-electron chi connectivity index (χ3n) is 2.86. The number of hydrogen-bond acceptors (Lipinski definition) is 2. The van der Waals surface area contributed by atoms with E-state index < -0.39 is 0 Å². The van der Waals surface area contributed by atoms with E-state index in [-0.39, 0.29) is 5.69 Å². The molecule has 1 aliphatic rings. The number of hydrogen-bond donors (Lipinski definition) is 1. The van der Waals surface area contributed by atoms with E-state index in [1.54, 1.807) is 6.20 Å². The fourth-order valence-electron chi connectivity index (χ4n) is 2.18. The first kappa shape index (κ1) is 9.52. The number of aromatic nitrogens is 2. The van der Waals surface area contributed by atoms with Gasteiger partial charge in [-0.1, -0.05) is 6.92 Å². The Morgan fingerprint density at radius 2 is 2.50 bits per heavy atom. The molecule has 1 fully saturated rings. The highest BCUT2D eigenvalue weighted by atomic mass is 16.1. The molecule has 0 amide bonds. The molecule has 1 unspecified atom stereocenters. The van der Waals surface area contributed by atoms with Crippen LogP contribution in [0.4, 0.5) is 0 Å². The van der Waals surface area contributed by atoms with Crippen LogP contribution in [0.3, 0.4) is 0 Å². The number of imidazole rings is 1. The quantitative estimate of drug-likeness (QED) is 0.776. The molecule has 1 atom stereocenters. The average molecular weight is 195 g/mol. The van der Waals surface area contributed by atoms with Gasteiger partial charge >= 0.3 is 5.69 Å². The largest absolute Gasteiger partial charge is 0.325 e. The van der Waals surface area contributed by atoms with Gasteiger partial charge in [-0.25, -0.2) is 4.79 Å². The molecule has 0 saturated carbocycles. The summed E-state index contributed by atoms with van der Waals surface area (Å²) in [4.78, 5) is 16.5. The Balaban J connectivity index is 2.02. The molecule has 0 bridgehead atoms. The Labute approximate surface area is 83.5 Å². The van der Waals surface area contributed by atoms with Crippen LogP contribution in [0, 0.1) is 0 Å². The summed E-state index contributed by atoms with van der Waals surface area (Å²) in [5.41, 5.74) is 0.0216. The molecule has 78 valence electrons. The van der Waals surface area contributed by atoms with E-state index in [4.69, 9.17) is 0 Å². The molecular weight excluding hydrogens is 178 g/mol. The third-order valence-corrected chi connectivity index (χ3v) is 2.86. The van der Waals surface area contributed by atoms with Crippen LogP contribution >= 0.6 is 0 Å². The zero-order valence-corrected chi connectivity index (χ0v) is 8.57. The molecule has 0 spiro atoms. The molecular formula is C10H17N3O. The maximum absolute atomic E-state index is 11.4. The van der Waals surface area contributed by atoms with Gasteiger partial charge in [0.1, 0.15) is 0 Å². The monoisotopic (exact) mass is 195 g/mol. The van der Waals surface area contributed by atoms with Gasteiger partial charge in [0.05, 0.1) is 6.04 Å². The molecule has 0 radical (unpaired) electrons. The third kappa shape index (κ3) is 1.75. The Kier molecular flexibility index (Phi) is 2.72. The molecule has 1 N–H and O–H groups in total. The molecule has 1 aromatic heterocycles. The minimum Gasteiger partial charge on any atom is -0.313 e. The average Bonchev–Trinajstić information content (AvgIpc) is 2.74. The molecule has 14 heavy (non-hydrogen) atoms. The van der Waals surface area contributed by atoms with E-state index >= 15 is 0 Å². The Bertz CT molecular complexity index is 341. The second-order valence-corrected chi connectivity index (χ2v) is 3.92. The molecule has 1 aromatic rings. The molecule has 2 rings (SSSR count). The lowest BCUT2D eigenvalue weighted by Crippen LogP contribution is -2.26. The van der Waals surface area contributed by atoms with Gasteiger partial charge < -0.3 is 9.88 Å². The van der Waals surface area contributed by atoms with Crippen LogP contribution in [0.2, 0.25) is 0 Å². The van der Waals surface area contributed by atoms with Crippen molar-refractivity contribution >= 4 is 0 Å². The predicted octanol–water partition coefficient (Wildman–Crippen LogP) is 0.833. The summed E-state index contributed by atoms with van der Waals surface area (Å²) in [5.74, 6) is 0. The molecule has 0 aromatic carbocycles. The molecule has 4 heteroatoms. The summed E-state index contributed by atoms with van der Waals surface area (Å²) in [6.07, 6.45) is 5.85. The SMILES string of the molecule is CCCN1CCC(n2cc[nH]c2=O)C1. The summed E-state index contributed by atoms with van der Waals surface area (Å²) in [6, 6.07) is 0.375. The van der Waals surface area contributed by atoms with Gasteiger partial charge in [0.15, 0.2) is 0 Å². The van der Waals surface area contributed by atoms with Crippen molar-refractivity contribution in [1.29, 1.82) is 0 Å². The number of H-pyrrole nitrogens is 1. The van der Waals surface area contributed by atoms with Crippen molar-refractivity contribution < 1.29 is 0 Å². The lowest BCUT2D eigenvalue weighted by atomic mass is 10.3. The zero-order valence-electron chi connectivity index (χ0n) is 8.57. The van der Waals surface area contributed by atoms with Crippen LogP contribution in [0.5, 0.6) is 0 Å². The van der Waals surface area contributed by atoms with Gasteiger partial charge in [0.2, 0.25) is 0 Å². The van der Waals surface area contributed by atoms with Crippen LogP contribution in [0.25, 0.3) is 0 Å². The Morgan fingerprint density at radius 3 is 3.14 bits per heavy atom. The molecule has 2 heterocycles. The van der Waals surface area contributed by atoms with Crippen LogP contribution in [0.15, 0.2) is 17.2 Å². The second kappa shape index (κ2) is 4.00. The smallest absolute Gasteiger partial charge is 0.313 e. The van der Waals surface area contributed by atoms with E-state index in [0.717, 1.165) is 26.1 Å². The van der Waals surface area contributed by atoms with Crippen LogP contribution < -0.4 is 5.69 Å². The van der Waals surface area contributed by atoms with E-state index in [2.05, 4.69) is 16.8 Å². The predicted molar refractivity (Wildman–Crippen MR) is 55.4 cm³/mol. The first-order chi connectivity index (χ1) is 6.81. The molecule has 4 nitrogen and oxygen atoms in total. The highest BCUT2D eigenvalue weighted by Gasteiger charge is 2.23. The second-order valence-electron chi connectivity index (χ2n) is 3.92. The van der Waals surface area contributed by atoms with Crippen molar-refractivity contribution in [3.63, 3.8) is 0 Å². The summed E-state index contributed by atoms with van der Waals surface area (Å²) in [5, 5.41) is 0. The number of likely N-dealkylation sites (tertiary alicyclic amines) is 1. The number of aromatic amines is 1. The lowest BCUT2D eigenvalue weighted by molar-refractivity contribution is 0.323. The highest BCUT2D eigenvalue weighted by Crippen LogP contribution is 2.19. The van der Waals surface area contributed by atoms with Crippen molar-refractivity contribution in [1.82, 2.24) is 14.5 Å². The molecule has 1 aliphatic heterocycles. The Morgan fingerprint density at radius 1 is 1.64 bits per heavy atom. The fraction of sp³-hybridized carbons (Fsp3) is 0.700. The van der Waals surface area contributed by atoms with E-state index in [1.165, 1.54) is 6.42 Å². The normalized spacial score (nSPS) is 23.1. The lowest BCUT2D eigenvalue weighted by Gasteiger charge is -2.14. The van der Waals surface area contributed by atoms with Gasteiger partial charge in [0.25, 0.3) is 0 Å². The van der Waals surface area contributed by atoms with Gasteiger partial charge in [-0.3, -0.25) is 4.57 Å². The zero-order chi connectivity index (χ0) is 9.97. The maximum Gasteiger partial charge on any atom is 0.325 e. The number of nitrogens with zero attached hydrogens (tertiary/aromatic N) is 2. The molecule has 0 aliphatic carbocycles. The summed E-state index contributed by atoms with van der Waals surface area (Å²) >= 11 is 0. The standard InChI is InChI=1S/C10H17N3O/c1-2-5-12-6-3-9(8-12)13-7-4-11-10(13)14/h4,7,9H,2-3,5-6,8H2,1H3,(H,11,14). The minimum atomic E-state index is 0.0216.